The molecule has 1 atom stereocenters. The summed E-state index contributed by atoms with van der Waals surface area (Å²) in [5, 5.41) is 12.0. The minimum atomic E-state index is -0.920. The first kappa shape index (κ1) is 12.3. The first-order chi connectivity index (χ1) is 8.18. The highest BCUT2D eigenvalue weighted by Gasteiger charge is 2.33. The zero-order chi connectivity index (χ0) is 12.3. The van der Waals surface area contributed by atoms with Crippen molar-refractivity contribution in [2.24, 2.45) is 0 Å². The van der Waals surface area contributed by atoms with E-state index in [0.717, 1.165) is 18.6 Å². The Morgan fingerprint density at radius 1 is 1.35 bits per heavy atom. The predicted molar refractivity (Wildman–Crippen MR) is 66.1 cm³/mol. The minimum absolute atomic E-state index is 0.131. The quantitative estimate of drug-likeness (QED) is 0.721. The van der Waals surface area contributed by atoms with E-state index in [1.165, 1.54) is 4.90 Å². The number of carboxylic acids is 1. The van der Waals surface area contributed by atoms with Crippen LogP contribution in [0.1, 0.15) is 12.8 Å². The molecule has 0 bridgehead atoms. The van der Waals surface area contributed by atoms with Crippen LogP contribution in [0.15, 0.2) is 12.2 Å². The molecule has 94 valence electrons. The highest BCUT2D eigenvalue weighted by atomic mass is 32.2. The van der Waals surface area contributed by atoms with E-state index in [0.29, 0.717) is 12.3 Å². The fourth-order valence-corrected chi connectivity index (χ4v) is 3.08. The van der Waals surface area contributed by atoms with Crippen LogP contribution >= 0.6 is 11.8 Å². The van der Waals surface area contributed by atoms with Crippen LogP contribution < -0.4 is 5.32 Å². The molecule has 0 aromatic carbocycles. The van der Waals surface area contributed by atoms with Crippen molar-refractivity contribution in [3.05, 3.63) is 12.2 Å². The van der Waals surface area contributed by atoms with Gasteiger partial charge in [0.25, 0.3) is 0 Å². The van der Waals surface area contributed by atoms with Gasteiger partial charge in [-0.15, -0.1) is 0 Å². The maximum atomic E-state index is 12.0. The molecule has 0 saturated carbocycles. The summed E-state index contributed by atoms with van der Waals surface area (Å²) in [5.74, 6) is 0.364. The molecule has 2 amide bonds. The number of hydrogen-bond donors (Lipinski definition) is 2. The van der Waals surface area contributed by atoms with Gasteiger partial charge in [0.15, 0.2) is 0 Å². The third-order valence-corrected chi connectivity index (χ3v) is 4.03. The summed E-state index contributed by atoms with van der Waals surface area (Å²) in [6.07, 6.45) is 5.75. The van der Waals surface area contributed by atoms with Gasteiger partial charge in [-0.1, -0.05) is 12.2 Å². The van der Waals surface area contributed by atoms with Crippen molar-refractivity contribution in [3.63, 3.8) is 0 Å². The van der Waals surface area contributed by atoms with E-state index in [4.69, 9.17) is 5.11 Å². The van der Waals surface area contributed by atoms with Crippen LogP contribution in [0, 0.1) is 0 Å². The van der Waals surface area contributed by atoms with Crippen LogP contribution in [0.3, 0.4) is 0 Å². The second kappa shape index (κ2) is 5.44. The van der Waals surface area contributed by atoms with Crippen LogP contribution in [-0.2, 0) is 4.79 Å². The second-order valence-electron chi connectivity index (χ2n) is 4.21. The van der Waals surface area contributed by atoms with Gasteiger partial charge in [0, 0.05) is 24.1 Å². The zero-order valence-electron chi connectivity index (χ0n) is 9.46. The normalized spacial score (nSPS) is 24.9. The van der Waals surface area contributed by atoms with Crippen molar-refractivity contribution in [1.29, 1.82) is 0 Å². The fraction of sp³-hybridized carbons (Fsp3) is 0.636. The first-order valence-electron chi connectivity index (χ1n) is 5.71. The van der Waals surface area contributed by atoms with Crippen molar-refractivity contribution >= 4 is 23.8 Å². The molecule has 17 heavy (non-hydrogen) atoms. The highest BCUT2D eigenvalue weighted by molar-refractivity contribution is 7.99. The molecule has 2 rings (SSSR count). The number of thioether (sulfide) groups is 1. The molecule has 1 aliphatic heterocycles. The summed E-state index contributed by atoms with van der Waals surface area (Å²) in [7, 11) is 0. The van der Waals surface area contributed by atoms with Crippen LogP contribution in [0.4, 0.5) is 4.79 Å². The first-order valence-corrected chi connectivity index (χ1v) is 6.86. The Bertz CT molecular complexity index is 338. The van der Waals surface area contributed by atoms with Crippen molar-refractivity contribution in [3.8, 4) is 0 Å². The number of hydrogen-bond acceptors (Lipinski definition) is 3. The zero-order valence-corrected chi connectivity index (χ0v) is 10.3. The summed E-state index contributed by atoms with van der Waals surface area (Å²) >= 11 is 1.58. The number of rotatable bonds is 2. The van der Waals surface area contributed by atoms with Crippen molar-refractivity contribution in [1.82, 2.24) is 10.2 Å². The number of urea groups is 1. The summed E-state index contributed by atoms with van der Waals surface area (Å²) in [5.41, 5.74) is 0. The molecule has 1 fully saturated rings. The Balaban J connectivity index is 1.93. The number of amides is 2. The van der Waals surface area contributed by atoms with E-state index in [-0.39, 0.29) is 12.1 Å². The lowest BCUT2D eigenvalue weighted by Gasteiger charge is -2.33. The van der Waals surface area contributed by atoms with Crippen LogP contribution in [0.2, 0.25) is 0 Å². The third-order valence-electron chi connectivity index (χ3n) is 3.01. The standard InChI is InChI=1S/C11H16N2O3S/c14-10(15)9-7-17-6-5-13(9)11(16)12-8-3-1-2-4-8/h1-2,8-9H,3-7H2,(H,12,16)(H,14,15). The molecule has 1 unspecified atom stereocenters. The smallest absolute Gasteiger partial charge is 0.327 e. The molecule has 0 aromatic rings. The molecule has 0 radical (unpaired) electrons. The molecule has 0 spiro atoms. The van der Waals surface area contributed by atoms with E-state index in [1.54, 1.807) is 11.8 Å². The number of carbonyl (C=O) groups excluding carboxylic acids is 1. The maximum Gasteiger partial charge on any atom is 0.327 e. The lowest BCUT2D eigenvalue weighted by atomic mass is 10.2. The van der Waals surface area contributed by atoms with Gasteiger partial charge in [-0.2, -0.15) is 11.8 Å². The molecule has 6 heteroatoms. The number of aliphatic carboxylic acids is 1. The van der Waals surface area contributed by atoms with Crippen LogP contribution in [0.25, 0.3) is 0 Å². The lowest BCUT2D eigenvalue weighted by molar-refractivity contribution is -0.141. The van der Waals surface area contributed by atoms with Gasteiger partial charge in [0.05, 0.1) is 0 Å². The van der Waals surface area contributed by atoms with Gasteiger partial charge in [0.2, 0.25) is 0 Å². The molecule has 0 aromatic heterocycles. The number of nitrogens with zero attached hydrogens (tertiary/aromatic N) is 1. The van der Waals surface area contributed by atoms with Gasteiger partial charge < -0.3 is 15.3 Å². The highest BCUT2D eigenvalue weighted by Crippen LogP contribution is 2.18. The van der Waals surface area contributed by atoms with Gasteiger partial charge in [-0.05, 0) is 12.8 Å². The maximum absolute atomic E-state index is 12.0. The topological polar surface area (TPSA) is 69.6 Å². The molecule has 1 heterocycles. The number of carboxylic acid groups (broad SMARTS) is 1. The van der Waals surface area contributed by atoms with Crippen molar-refractivity contribution < 1.29 is 14.7 Å². The largest absolute Gasteiger partial charge is 0.480 e. The van der Waals surface area contributed by atoms with E-state index >= 15 is 0 Å². The Morgan fingerprint density at radius 2 is 2.06 bits per heavy atom. The lowest BCUT2D eigenvalue weighted by Crippen LogP contribution is -2.55. The van der Waals surface area contributed by atoms with Crippen LogP contribution in [-0.4, -0.2) is 52.1 Å². The fourth-order valence-electron chi connectivity index (χ4n) is 2.04. The molecule has 1 saturated heterocycles. The molecule has 5 nitrogen and oxygen atoms in total. The second-order valence-corrected chi connectivity index (χ2v) is 5.36. The Labute approximate surface area is 104 Å². The molecule has 2 N–H and O–H groups in total. The molecule has 2 aliphatic rings. The average Bonchev–Trinajstić information content (AvgIpc) is 2.81. The third kappa shape index (κ3) is 2.94. The van der Waals surface area contributed by atoms with Crippen molar-refractivity contribution in [2.45, 2.75) is 24.9 Å². The summed E-state index contributed by atoms with van der Waals surface area (Å²) in [6.45, 7) is 0.508. The Kier molecular flexibility index (Phi) is 3.93. The van der Waals surface area contributed by atoms with Crippen molar-refractivity contribution in [2.75, 3.05) is 18.1 Å². The molecular formula is C11H16N2O3S. The van der Waals surface area contributed by atoms with Gasteiger partial charge in [0.1, 0.15) is 6.04 Å². The van der Waals surface area contributed by atoms with Gasteiger partial charge >= 0.3 is 12.0 Å². The van der Waals surface area contributed by atoms with Gasteiger partial charge in [-0.3, -0.25) is 0 Å². The van der Waals surface area contributed by atoms with Gasteiger partial charge in [-0.25, -0.2) is 9.59 Å². The molecular weight excluding hydrogens is 240 g/mol. The number of nitrogens with one attached hydrogen (secondary N) is 1. The predicted octanol–water partition coefficient (Wildman–Crippen LogP) is 0.917. The van der Waals surface area contributed by atoms with E-state index < -0.39 is 12.0 Å². The van der Waals surface area contributed by atoms with Crippen LogP contribution in [0.5, 0.6) is 0 Å². The Morgan fingerprint density at radius 3 is 2.71 bits per heavy atom. The number of carbonyl (C=O) groups is 2. The monoisotopic (exact) mass is 256 g/mol. The SMILES string of the molecule is O=C(O)C1CSCCN1C(=O)NC1CC=CC1. The Hall–Kier alpha value is -1.17. The van der Waals surface area contributed by atoms with E-state index in [1.807, 2.05) is 12.2 Å². The molecule has 1 aliphatic carbocycles. The average molecular weight is 256 g/mol. The van der Waals surface area contributed by atoms with E-state index in [9.17, 15) is 9.59 Å². The summed E-state index contributed by atoms with van der Waals surface area (Å²) in [6, 6.07) is -0.805. The summed E-state index contributed by atoms with van der Waals surface area (Å²) < 4.78 is 0. The van der Waals surface area contributed by atoms with E-state index in [2.05, 4.69) is 5.32 Å². The minimum Gasteiger partial charge on any atom is -0.480 e. The summed E-state index contributed by atoms with van der Waals surface area (Å²) in [4.78, 5) is 24.5.